The number of hydrogen-bond acceptors (Lipinski definition) is 1. The third kappa shape index (κ3) is 2.20. The Morgan fingerprint density at radius 2 is 1.93 bits per heavy atom. The van der Waals surface area contributed by atoms with Crippen LogP contribution in [0.1, 0.15) is 31.7 Å². The van der Waals surface area contributed by atoms with Gasteiger partial charge in [0.1, 0.15) is 0 Å². The molecule has 2 rings (SSSR count). The molecule has 0 unspecified atom stereocenters. The molecule has 0 aliphatic carbocycles. The molecule has 1 amide bonds. The Balaban J connectivity index is 2.22. The number of nitrogens with one attached hydrogen (secondary N) is 1. The first-order valence-electron chi connectivity index (χ1n) is 5.53. The zero-order chi connectivity index (χ0) is 10.7. The molecule has 1 aliphatic heterocycles. The van der Waals surface area contributed by atoms with Crippen molar-refractivity contribution < 1.29 is 4.79 Å². The molecule has 15 heavy (non-hydrogen) atoms. The highest BCUT2D eigenvalue weighted by Gasteiger charge is 2.29. The molecular weight excluding hydrogens is 186 g/mol. The first-order valence-corrected chi connectivity index (χ1v) is 5.53. The van der Waals surface area contributed by atoms with Crippen LogP contribution in [-0.4, -0.2) is 12.5 Å². The summed E-state index contributed by atoms with van der Waals surface area (Å²) in [6.07, 6.45) is 2.62. The highest BCUT2D eigenvalue weighted by molar-refractivity contribution is 5.76. The molecule has 2 nitrogen and oxygen atoms in total. The number of rotatable bonds is 1. The van der Waals surface area contributed by atoms with Crippen molar-refractivity contribution in [1.29, 1.82) is 0 Å². The number of carbonyl (C=O) groups excluding carboxylic acids is 1. The quantitative estimate of drug-likeness (QED) is 0.745. The highest BCUT2D eigenvalue weighted by Crippen LogP contribution is 2.33. The molecule has 0 radical (unpaired) electrons. The molecule has 0 bridgehead atoms. The van der Waals surface area contributed by atoms with E-state index in [2.05, 4.69) is 36.5 Å². The van der Waals surface area contributed by atoms with Crippen LogP contribution in [0.2, 0.25) is 0 Å². The van der Waals surface area contributed by atoms with E-state index >= 15 is 0 Å². The Morgan fingerprint density at radius 1 is 1.20 bits per heavy atom. The van der Waals surface area contributed by atoms with Crippen LogP contribution in [-0.2, 0) is 10.2 Å². The summed E-state index contributed by atoms with van der Waals surface area (Å²) in [5.74, 6) is 0.189. The van der Waals surface area contributed by atoms with Gasteiger partial charge in [-0.05, 0) is 23.8 Å². The Hall–Kier alpha value is -1.31. The summed E-state index contributed by atoms with van der Waals surface area (Å²) in [6.45, 7) is 3.05. The van der Waals surface area contributed by atoms with Crippen molar-refractivity contribution in [3.8, 4) is 0 Å². The van der Waals surface area contributed by atoms with Crippen LogP contribution in [0.4, 0.5) is 0 Å². The Bertz CT molecular complexity index is 347. The third-order valence-electron chi connectivity index (χ3n) is 3.37. The molecule has 1 aromatic carbocycles. The van der Waals surface area contributed by atoms with E-state index in [0.29, 0.717) is 6.42 Å². The van der Waals surface area contributed by atoms with E-state index in [1.54, 1.807) is 0 Å². The van der Waals surface area contributed by atoms with Gasteiger partial charge in [-0.2, -0.15) is 0 Å². The van der Waals surface area contributed by atoms with Crippen LogP contribution in [0.5, 0.6) is 0 Å². The molecule has 0 saturated carbocycles. The average molecular weight is 203 g/mol. The summed E-state index contributed by atoms with van der Waals surface area (Å²) in [5.41, 5.74) is 1.50. The van der Waals surface area contributed by atoms with E-state index in [1.165, 1.54) is 5.56 Å². The molecular formula is C13H17NO. The zero-order valence-electron chi connectivity index (χ0n) is 9.12. The van der Waals surface area contributed by atoms with Crippen LogP contribution >= 0.6 is 0 Å². The predicted molar refractivity (Wildman–Crippen MR) is 60.7 cm³/mol. The van der Waals surface area contributed by atoms with Gasteiger partial charge in [-0.1, -0.05) is 37.3 Å². The molecule has 2 heteroatoms. The first kappa shape index (κ1) is 10.2. The first-order chi connectivity index (χ1) is 7.21. The molecule has 1 aliphatic rings. The fourth-order valence-corrected chi connectivity index (χ4v) is 2.21. The highest BCUT2D eigenvalue weighted by atomic mass is 16.1. The Morgan fingerprint density at radius 3 is 2.67 bits per heavy atom. The molecule has 1 saturated heterocycles. The fourth-order valence-electron chi connectivity index (χ4n) is 2.21. The second-order valence-electron chi connectivity index (χ2n) is 4.53. The minimum atomic E-state index is 0.153. The lowest BCUT2D eigenvalue weighted by atomic mass is 9.76. The fraction of sp³-hybridized carbons (Fsp3) is 0.462. The number of amides is 1. The summed E-state index contributed by atoms with van der Waals surface area (Å²) in [6, 6.07) is 10.5. The van der Waals surface area contributed by atoms with Crippen LogP contribution in [0.15, 0.2) is 30.3 Å². The number of carbonyl (C=O) groups is 1. The van der Waals surface area contributed by atoms with Gasteiger partial charge in [0.2, 0.25) is 5.91 Å². The van der Waals surface area contributed by atoms with Crippen molar-refractivity contribution in [1.82, 2.24) is 5.32 Å². The van der Waals surface area contributed by atoms with E-state index in [-0.39, 0.29) is 11.3 Å². The molecule has 80 valence electrons. The third-order valence-corrected chi connectivity index (χ3v) is 3.37. The number of hydrogen-bond donors (Lipinski definition) is 1. The van der Waals surface area contributed by atoms with E-state index in [1.807, 2.05) is 6.07 Å². The van der Waals surface area contributed by atoms with Crippen LogP contribution in [0, 0.1) is 0 Å². The van der Waals surface area contributed by atoms with Gasteiger partial charge in [0.05, 0.1) is 0 Å². The molecule has 1 N–H and O–H groups in total. The maximum atomic E-state index is 11.3. The maximum Gasteiger partial charge on any atom is 0.220 e. The monoisotopic (exact) mass is 203 g/mol. The zero-order valence-corrected chi connectivity index (χ0v) is 9.12. The van der Waals surface area contributed by atoms with Crippen molar-refractivity contribution in [3.05, 3.63) is 35.9 Å². The molecule has 1 aromatic rings. The maximum absolute atomic E-state index is 11.3. The standard InChI is InChI=1S/C13H17NO/c1-13(11-5-3-2-4-6-11)8-7-12(15)14-10-9-13/h2-6H,7-10H2,1H3,(H,14,15)/t13-/m0/s1. The summed E-state index contributed by atoms with van der Waals surface area (Å²) < 4.78 is 0. The van der Waals surface area contributed by atoms with Gasteiger partial charge < -0.3 is 5.32 Å². The largest absolute Gasteiger partial charge is 0.356 e. The van der Waals surface area contributed by atoms with E-state index in [0.717, 1.165) is 19.4 Å². The van der Waals surface area contributed by atoms with Crippen molar-refractivity contribution in [3.63, 3.8) is 0 Å². The predicted octanol–water partition coefficient (Wildman–Crippen LogP) is 2.24. The lowest BCUT2D eigenvalue weighted by Gasteiger charge is -2.27. The summed E-state index contributed by atoms with van der Waals surface area (Å²) in [7, 11) is 0. The minimum absolute atomic E-state index is 0.153. The van der Waals surface area contributed by atoms with Crippen LogP contribution < -0.4 is 5.32 Å². The molecule has 0 spiro atoms. The van der Waals surface area contributed by atoms with E-state index < -0.39 is 0 Å². The Kier molecular flexibility index (Phi) is 2.76. The normalized spacial score (nSPS) is 26.9. The van der Waals surface area contributed by atoms with Gasteiger partial charge in [0.25, 0.3) is 0 Å². The van der Waals surface area contributed by atoms with Crippen molar-refractivity contribution in [2.75, 3.05) is 6.54 Å². The SMILES string of the molecule is C[C@@]1(c2ccccc2)CCNC(=O)CC1. The molecule has 1 atom stereocenters. The molecule has 1 heterocycles. The lowest BCUT2D eigenvalue weighted by molar-refractivity contribution is -0.120. The minimum Gasteiger partial charge on any atom is -0.356 e. The van der Waals surface area contributed by atoms with Gasteiger partial charge >= 0.3 is 0 Å². The van der Waals surface area contributed by atoms with Gasteiger partial charge in [-0.25, -0.2) is 0 Å². The van der Waals surface area contributed by atoms with Gasteiger partial charge in [-0.15, -0.1) is 0 Å². The van der Waals surface area contributed by atoms with Crippen molar-refractivity contribution >= 4 is 5.91 Å². The summed E-state index contributed by atoms with van der Waals surface area (Å²) >= 11 is 0. The van der Waals surface area contributed by atoms with Crippen LogP contribution in [0.25, 0.3) is 0 Å². The average Bonchev–Trinajstić information content (AvgIpc) is 2.44. The number of benzene rings is 1. The van der Waals surface area contributed by atoms with Gasteiger partial charge in [0, 0.05) is 13.0 Å². The van der Waals surface area contributed by atoms with Crippen molar-refractivity contribution in [2.45, 2.75) is 31.6 Å². The van der Waals surface area contributed by atoms with E-state index in [9.17, 15) is 4.79 Å². The van der Waals surface area contributed by atoms with Gasteiger partial charge in [-0.3, -0.25) is 4.79 Å². The van der Waals surface area contributed by atoms with Gasteiger partial charge in [0.15, 0.2) is 0 Å². The van der Waals surface area contributed by atoms with E-state index in [4.69, 9.17) is 0 Å². The second kappa shape index (κ2) is 4.05. The molecule has 0 aromatic heterocycles. The summed E-state index contributed by atoms with van der Waals surface area (Å²) in [5, 5.41) is 2.93. The summed E-state index contributed by atoms with van der Waals surface area (Å²) in [4.78, 5) is 11.3. The van der Waals surface area contributed by atoms with Crippen molar-refractivity contribution in [2.24, 2.45) is 0 Å². The molecule has 1 fully saturated rings. The Labute approximate surface area is 90.7 Å². The topological polar surface area (TPSA) is 29.1 Å². The lowest BCUT2D eigenvalue weighted by Crippen LogP contribution is -2.24. The smallest absolute Gasteiger partial charge is 0.220 e. The second-order valence-corrected chi connectivity index (χ2v) is 4.53. The van der Waals surface area contributed by atoms with Crippen LogP contribution in [0.3, 0.4) is 0 Å².